The Bertz CT molecular complexity index is 2910. The second-order valence-corrected chi connectivity index (χ2v) is 15.7. The van der Waals surface area contributed by atoms with E-state index < -0.39 is 41.3 Å². The van der Waals surface area contributed by atoms with Crippen LogP contribution in [0.4, 0.5) is 17.6 Å². The Hall–Kier alpha value is -8.12. The standard InChI is InChI=1S/C28H25FO4.C27H21F3O4/c1-17(2)27(30)32-23-10-6-20(7-11-23)15-22-9-8-21(16-26(22)29)25-13-12-24(14-19(25)5)33-28(31)18(3)4;1-15(2)26(31)33-20-8-6-18(7-9-20)19-13-22(28)21(23(29)14-19)11-17-5-10-25(24(30)12-17)34-27(32)16(3)4/h6-14,16H,1,3,15H2,2,4-5H3;5-10,12-14H,1,3,11H2,2,4H3. The van der Waals surface area contributed by atoms with Crippen molar-refractivity contribution >= 4 is 23.9 Å². The number of halogens is 4. The lowest BCUT2D eigenvalue weighted by Gasteiger charge is -2.11. The topological polar surface area (TPSA) is 105 Å². The molecule has 0 aliphatic carbocycles. The van der Waals surface area contributed by atoms with E-state index in [1.807, 2.05) is 13.0 Å². The molecule has 0 radical (unpaired) electrons. The molecule has 6 aromatic rings. The van der Waals surface area contributed by atoms with Crippen LogP contribution in [0.1, 0.15) is 55.5 Å². The number of carbonyl (C=O) groups is 4. The minimum Gasteiger partial charge on any atom is -0.423 e. The SMILES string of the molecule is C=C(C)C(=O)Oc1ccc(-c2cc(F)c(Cc3ccc(OC(=O)C(=C)C)c(F)c3)c(F)c2)cc1.C=C(C)C(=O)Oc1ccc(Cc2ccc(-c3ccc(OC(=O)C(=C)C)cc3C)cc2F)cc1. The zero-order valence-electron chi connectivity index (χ0n) is 37.5. The van der Waals surface area contributed by atoms with Gasteiger partial charge in [0.25, 0.3) is 0 Å². The Kier molecular flexibility index (Phi) is 16.5. The Morgan fingerprint density at radius 2 is 0.881 bits per heavy atom. The highest BCUT2D eigenvalue weighted by Gasteiger charge is 2.17. The maximum Gasteiger partial charge on any atom is 0.338 e. The summed E-state index contributed by atoms with van der Waals surface area (Å²) >= 11 is 0. The zero-order chi connectivity index (χ0) is 49.1. The van der Waals surface area contributed by atoms with E-state index in [1.165, 1.54) is 56.3 Å². The van der Waals surface area contributed by atoms with Gasteiger partial charge in [-0.2, -0.15) is 0 Å². The first-order valence-electron chi connectivity index (χ1n) is 20.5. The average Bonchev–Trinajstić information content (AvgIpc) is 3.27. The largest absolute Gasteiger partial charge is 0.423 e. The first-order chi connectivity index (χ1) is 31.7. The lowest BCUT2D eigenvalue weighted by molar-refractivity contribution is -0.131. The van der Waals surface area contributed by atoms with Gasteiger partial charge in [-0.05, 0) is 146 Å². The third-order valence-corrected chi connectivity index (χ3v) is 9.81. The van der Waals surface area contributed by atoms with Crippen molar-refractivity contribution in [2.75, 3.05) is 0 Å². The third-order valence-electron chi connectivity index (χ3n) is 9.81. The molecule has 6 rings (SSSR count). The van der Waals surface area contributed by atoms with Crippen LogP contribution in [0, 0.1) is 30.2 Å². The number of benzene rings is 6. The van der Waals surface area contributed by atoms with Gasteiger partial charge in [0.2, 0.25) is 0 Å². The second kappa shape index (κ2) is 22.2. The van der Waals surface area contributed by atoms with Crippen molar-refractivity contribution in [1.29, 1.82) is 0 Å². The van der Waals surface area contributed by atoms with Gasteiger partial charge in [0, 0.05) is 40.7 Å². The summed E-state index contributed by atoms with van der Waals surface area (Å²) in [5.74, 6) is -4.28. The maximum absolute atomic E-state index is 14.9. The molecule has 0 saturated heterocycles. The van der Waals surface area contributed by atoms with Crippen LogP contribution in [0.2, 0.25) is 0 Å². The van der Waals surface area contributed by atoms with Gasteiger partial charge in [-0.15, -0.1) is 0 Å². The maximum atomic E-state index is 14.9. The van der Waals surface area contributed by atoms with Crippen LogP contribution in [0.5, 0.6) is 23.0 Å². The summed E-state index contributed by atoms with van der Waals surface area (Å²) in [4.78, 5) is 46.5. The number of hydrogen-bond donors (Lipinski definition) is 0. The fourth-order valence-electron chi connectivity index (χ4n) is 6.14. The van der Waals surface area contributed by atoms with Gasteiger partial charge < -0.3 is 18.9 Å². The smallest absolute Gasteiger partial charge is 0.338 e. The number of rotatable bonds is 14. The van der Waals surface area contributed by atoms with E-state index in [2.05, 4.69) is 26.3 Å². The zero-order valence-corrected chi connectivity index (χ0v) is 37.5. The van der Waals surface area contributed by atoms with E-state index in [0.717, 1.165) is 28.3 Å². The number of carbonyl (C=O) groups excluding carboxylic acids is 4. The Labute approximate surface area is 386 Å². The molecule has 0 aliphatic rings. The molecule has 342 valence electrons. The highest BCUT2D eigenvalue weighted by atomic mass is 19.1. The summed E-state index contributed by atoms with van der Waals surface area (Å²) in [6.45, 7) is 22.0. The summed E-state index contributed by atoms with van der Waals surface area (Å²) in [6.07, 6.45) is 0.189. The van der Waals surface area contributed by atoms with Crippen molar-refractivity contribution in [1.82, 2.24) is 0 Å². The molecule has 0 heterocycles. The van der Waals surface area contributed by atoms with Crippen LogP contribution in [0.15, 0.2) is 164 Å². The highest BCUT2D eigenvalue weighted by molar-refractivity contribution is 5.90. The molecular formula is C55H46F4O8. The number of ether oxygens (including phenoxy) is 4. The summed E-state index contributed by atoms with van der Waals surface area (Å²) < 4.78 is 79.1. The van der Waals surface area contributed by atoms with E-state index in [-0.39, 0.29) is 46.0 Å². The van der Waals surface area contributed by atoms with Crippen LogP contribution in [-0.4, -0.2) is 23.9 Å². The lowest BCUT2D eigenvalue weighted by atomic mass is 9.97. The fraction of sp³-hybridized carbons (Fsp3) is 0.127. The molecule has 0 aliphatic heterocycles. The van der Waals surface area contributed by atoms with Crippen molar-refractivity contribution in [3.63, 3.8) is 0 Å². The number of aryl methyl sites for hydroxylation is 1. The molecule has 0 saturated carbocycles. The van der Waals surface area contributed by atoms with Crippen molar-refractivity contribution in [2.24, 2.45) is 0 Å². The van der Waals surface area contributed by atoms with E-state index in [9.17, 15) is 36.7 Å². The molecule has 6 aromatic carbocycles. The van der Waals surface area contributed by atoms with Gasteiger partial charge in [-0.1, -0.05) is 74.8 Å². The molecular weight excluding hydrogens is 865 g/mol. The predicted molar refractivity (Wildman–Crippen MR) is 249 cm³/mol. The van der Waals surface area contributed by atoms with Crippen LogP contribution in [-0.2, 0) is 32.0 Å². The van der Waals surface area contributed by atoms with Crippen LogP contribution < -0.4 is 18.9 Å². The molecule has 0 fully saturated rings. The van der Waals surface area contributed by atoms with Crippen molar-refractivity contribution in [3.05, 3.63) is 215 Å². The average molecular weight is 911 g/mol. The van der Waals surface area contributed by atoms with E-state index in [0.29, 0.717) is 45.8 Å². The molecule has 0 amide bonds. The van der Waals surface area contributed by atoms with Gasteiger partial charge in [0.15, 0.2) is 11.6 Å². The molecule has 0 N–H and O–H groups in total. The van der Waals surface area contributed by atoms with Gasteiger partial charge in [-0.25, -0.2) is 36.7 Å². The number of esters is 4. The quantitative estimate of drug-likeness (QED) is 0.0460. The van der Waals surface area contributed by atoms with E-state index >= 15 is 0 Å². The fourth-order valence-corrected chi connectivity index (χ4v) is 6.14. The van der Waals surface area contributed by atoms with Crippen molar-refractivity contribution in [2.45, 2.75) is 47.5 Å². The summed E-state index contributed by atoms with van der Waals surface area (Å²) in [7, 11) is 0. The van der Waals surface area contributed by atoms with Crippen LogP contribution in [0.3, 0.4) is 0 Å². The van der Waals surface area contributed by atoms with Crippen LogP contribution in [0.25, 0.3) is 22.3 Å². The molecule has 12 heteroatoms. The normalized spacial score (nSPS) is 10.5. The molecule has 0 bridgehead atoms. The molecule has 0 unspecified atom stereocenters. The first-order valence-corrected chi connectivity index (χ1v) is 20.5. The Morgan fingerprint density at radius 1 is 0.433 bits per heavy atom. The number of hydrogen-bond acceptors (Lipinski definition) is 8. The van der Waals surface area contributed by atoms with Crippen LogP contribution >= 0.6 is 0 Å². The molecule has 67 heavy (non-hydrogen) atoms. The van der Waals surface area contributed by atoms with Gasteiger partial charge >= 0.3 is 23.9 Å². The molecule has 0 spiro atoms. The third kappa shape index (κ3) is 13.7. The van der Waals surface area contributed by atoms with Gasteiger partial charge in [0.05, 0.1) is 0 Å². The van der Waals surface area contributed by atoms with Crippen molar-refractivity contribution < 1.29 is 55.7 Å². The highest BCUT2D eigenvalue weighted by Crippen LogP contribution is 2.31. The van der Waals surface area contributed by atoms with Crippen molar-refractivity contribution in [3.8, 4) is 45.3 Å². The molecule has 0 aromatic heterocycles. The first kappa shape index (κ1) is 49.9. The predicted octanol–water partition coefficient (Wildman–Crippen LogP) is 12.7. The molecule has 0 atom stereocenters. The second-order valence-electron chi connectivity index (χ2n) is 15.7. The van der Waals surface area contributed by atoms with E-state index in [1.54, 1.807) is 74.5 Å². The van der Waals surface area contributed by atoms with E-state index in [4.69, 9.17) is 18.9 Å². The minimum atomic E-state index is -0.836. The van der Waals surface area contributed by atoms with Gasteiger partial charge in [-0.3, -0.25) is 0 Å². The Balaban J connectivity index is 0.000000251. The lowest BCUT2D eigenvalue weighted by Crippen LogP contribution is -2.09. The van der Waals surface area contributed by atoms with Gasteiger partial charge in [0.1, 0.15) is 34.7 Å². The summed E-state index contributed by atoms with van der Waals surface area (Å²) in [6, 6.07) is 29.5. The summed E-state index contributed by atoms with van der Waals surface area (Å²) in [5, 5.41) is 0. The minimum absolute atomic E-state index is 0.107. The Morgan fingerprint density at radius 3 is 1.37 bits per heavy atom. The molecule has 8 nitrogen and oxygen atoms in total. The monoisotopic (exact) mass is 910 g/mol. The summed E-state index contributed by atoms with van der Waals surface area (Å²) in [5.41, 5.74) is 5.70.